The van der Waals surface area contributed by atoms with Crippen LogP contribution in [0.25, 0.3) is 93.7 Å². The molecule has 0 aliphatic heterocycles. The van der Waals surface area contributed by atoms with Gasteiger partial charge in [-0.15, -0.1) is 0 Å². The van der Waals surface area contributed by atoms with E-state index >= 15 is 0 Å². The molecule has 0 saturated carbocycles. The second-order valence-electron chi connectivity index (χ2n) is 12.4. The number of benzene rings is 6. The standard InChI is InChI=1S/C43H26N4/c1-2-11-29(12-3-1)45-36-17-8-7-15-32(36)35-25-27(22-24-39(35)45)28-21-23-33-30-13-6-9-18-37(30)46(40(33)26-28)43-42-34-16-5-4-14-31(34)38-19-10-20-41(44-43)47(38)42/h1-26H. The minimum absolute atomic E-state index is 0.964. The maximum Gasteiger partial charge on any atom is 0.165 e. The van der Waals surface area contributed by atoms with Crippen molar-refractivity contribution in [3.8, 4) is 22.6 Å². The van der Waals surface area contributed by atoms with Crippen LogP contribution in [0.5, 0.6) is 0 Å². The maximum absolute atomic E-state index is 5.30. The number of aromatic nitrogens is 4. The van der Waals surface area contributed by atoms with Gasteiger partial charge in [-0.05, 0) is 65.7 Å². The molecule has 5 heterocycles. The normalized spacial score (nSPS) is 12.3. The first-order chi connectivity index (χ1) is 23.3. The van der Waals surface area contributed by atoms with Crippen LogP contribution in [0.4, 0.5) is 0 Å². The highest BCUT2D eigenvalue weighted by atomic mass is 15.2. The van der Waals surface area contributed by atoms with Gasteiger partial charge in [0.15, 0.2) is 5.82 Å². The van der Waals surface area contributed by atoms with Gasteiger partial charge in [-0.1, -0.05) is 103 Å². The number of fused-ring (bicyclic) bond motifs is 9. The molecular weight excluding hydrogens is 573 g/mol. The van der Waals surface area contributed by atoms with Crippen molar-refractivity contribution in [1.29, 1.82) is 0 Å². The second kappa shape index (κ2) is 9.09. The van der Waals surface area contributed by atoms with Crippen molar-refractivity contribution in [3.63, 3.8) is 0 Å². The Balaban J connectivity index is 1.19. The van der Waals surface area contributed by atoms with E-state index in [9.17, 15) is 0 Å². The lowest BCUT2D eigenvalue weighted by Crippen LogP contribution is -1.95. The summed E-state index contributed by atoms with van der Waals surface area (Å²) in [5.41, 5.74) is 11.6. The lowest BCUT2D eigenvalue weighted by molar-refractivity contribution is 1.13. The zero-order chi connectivity index (χ0) is 30.6. The number of rotatable bonds is 3. The summed E-state index contributed by atoms with van der Waals surface area (Å²) in [6.45, 7) is 0. The summed E-state index contributed by atoms with van der Waals surface area (Å²) < 4.78 is 7.07. The molecular formula is C43H26N4. The Morgan fingerprint density at radius 2 is 0.936 bits per heavy atom. The Kier molecular flexibility index (Phi) is 4.81. The fourth-order valence-corrected chi connectivity index (χ4v) is 7.99. The summed E-state index contributed by atoms with van der Waals surface area (Å²) in [5.74, 6) is 0.965. The lowest BCUT2D eigenvalue weighted by atomic mass is 10.0. The molecule has 0 aliphatic rings. The van der Waals surface area contributed by atoms with Crippen molar-refractivity contribution in [1.82, 2.24) is 18.5 Å². The maximum atomic E-state index is 5.30. The highest BCUT2D eigenvalue weighted by Gasteiger charge is 2.22. The summed E-state index contributed by atoms with van der Waals surface area (Å²) in [6.07, 6.45) is 0. The van der Waals surface area contributed by atoms with Gasteiger partial charge in [0.05, 0.1) is 33.1 Å². The fourth-order valence-electron chi connectivity index (χ4n) is 7.99. The Morgan fingerprint density at radius 3 is 1.74 bits per heavy atom. The molecule has 0 fully saturated rings. The largest absolute Gasteiger partial charge is 0.309 e. The van der Waals surface area contributed by atoms with Crippen LogP contribution < -0.4 is 0 Å². The minimum Gasteiger partial charge on any atom is -0.309 e. The summed E-state index contributed by atoms with van der Waals surface area (Å²) in [5, 5.41) is 7.43. The molecule has 4 nitrogen and oxygen atoms in total. The quantitative estimate of drug-likeness (QED) is 0.199. The van der Waals surface area contributed by atoms with E-state index in [0.717, 1.165) is 28.0 Å². The molecule has 11 rings (SSSR count). The summed E-state index contributed by atoms with van der Waals surface area (Å²) in [4.78, 5) is 5.30. The first-order valence-electron chi connectivity index (χ1n) is 16.1. The average molecular weight is 599 g/mol. The molecule has 0 N–H and O–H groups in total. The molecule has 0 saturated heterocycles. The van der Waals surface area contributed by atoms with Crippen molar-refractivity contribution in [3.05, 3.63) is 158 Å². The van der Waals surface area contributed by atoms with E-state index in [-0.39, 0.29) is 0 Å². The smallest absolute Gasteiger partial charge is 0.165 e. The molecule has 47 heavy (non-hydrogen) atoms. The van der Waals surface area contributed by atoms with Crippen molar-refractivity contribution in [2.45, 2.75) is 0 Å². The van der Waals surface area contributed by atoms with Gasteiger partial charge in [0.1, 0.15) is 5.65 Å². The number of hydrogen-bond donors (Lipinski definition) is 0. The third-order valence-electron chi connectivity index (χ3n) is 9.99. The third-order valence-corrected chi connectivity index (χ3v) is 9.99. The molecule has 0 radical (unpaired) electrons. The highest BCUT2D eigenvalue weighted by Crippen LogP contribution is 2.41. The molecule has 218 valence electrons. The monoisotopic (exact) mass is 598 g/mol. The number of nitrogens with zero attached hydrogens (tertiary/aromatic N) is 4. The van der Waals surface area contributed by atoms with Gasteiger partial charge in [-0.25, -0.2) is 4.98 Å². The molecule has 0 unspecified atom stereocenters. The lowest BCUT2D eigenvalue weighted by Gasteiger charge is -2.09. The van der Waals surface area contributed by atoms with Gasteiger partial charge < -0.3 is 4.57 Å². The van der Waals surface area contributed by atoms with Gasteiger partial charge in [0.2, 0.25) is 0 Å². The van der Waals surface area contributed by atoms with Crippen LogP contribution in [0, 0.1) is 0 Å². The van der Waals surface area contributed by atoms with E-state index < -0.39 is 0 Å². The van der Waals surface area contributed by atoms with Crippen molar-refractivity contribution >= 4 is 71.1 Å². The Bertz CT molecular complexity index is 3010. The molecule has 0 bridgehead atoms. The first kappa shape index (κ1) is 24.9. The summed E-state index contributed by atoms with van der Waals surface area (Å²) >= 11 is 0. The average Bonchev–Trinajstić information content (AvgIpc) is 3.87. The molecule has 6 aromatic carbocycles. The second-order valence-corrected chi connectivity index (χ2v) is 12.4. The summed E-state index contributed by atoms with van der Waals surface area (Å²) in [6, 6.07) is 57.0. The summed E-state index contributed by atoms with van der Waals surface area (Å²) in [7, 11) is 0. The SMILES string of the molecule is c1ccc(-n2c3ccccc3c3cc(-c4ccc5c6ccccc6n(-c6nc7cccc8c9ccccc9c6n78)c5c4)ccc32)cc1. The Morgan fingerprint density at radius 1 is 0.362 bits per heavy atom. The van der Waals surface area contributed by atoms with Crippen LogP contribution in [0.1, 0.15) is 0 Å². The Labute approximate surface area is 269 Å². The van der Waals surface area contributed by atoms with Crippen molar-refractivity contribution in [2.24, 2.45) is 0 Å². The number of para-hydroxylation sites is 3. The van der Waals surface area contributed by atoms with Crippen molar-refractivity contribution in [2.75, 3.05) is 0 Å². The predicted molar refractivity (Wildman–Crippen MR) is 196 cm³/mol. The van der Waals surface area contributed by atoms with E-state index in [1.165, 1.54) is 65.7 Å². The van der Waals surface area contributed by atoms with Crippen LogP contribution in [0.15, 0.2) is 158 Å². The van der Waals surface area contributed by atoms with Crippen LogP contribution in [0.3, 0.4) is 0 Å². The highest BCUT2D eigenvalue weighted by molar-refractivity contribution is 6.16. The molecule has 0 aliphatic carbocycles. The number of imidazole rings is 1. The zero-order valence-corrected chi connectivity index (χ0v) is 25.3. The van der Waals surface area contributed by atoms with E-state index in [1.54, 1.807) is 0 Å². The van der Waals surface area contributed by atoms with Crippen LogP contribution in [-0.2, 0) is 0 Å². The molecule has 0 amide bonds. The fraction of sp³-hybridized carbons (Fsp3) is 0. The topological polar surface area (TPSA) is 27.2 Å². The first-order valence-corrected chi connectivity index (χ1v) is 16.1. The van der Waals surface area contributed by atoms with E-state index in [2.05, 4.69) is 171 Å². The number of hydrogen-bond acceptors (Lipinski definition) is 1. The molecule has 0 atom stereocenters. The van der Waals surface area contributed by atoms with Gasteiger partial charge in [-0.2, -0.15) is 0 Å². The molecule has 11 aromatic rings. The van der Waals surface area contributed by atoms with Crippen LogP contribution in [-0.4, -0.2) is 18.5 Å². The van der Waals surface area contributed by atoms with Gasteiger partial charge in [-0.3, -0.25) is 8.97 Å². The van der Waals surface area contributed by atoms with Crippen molar-refractivity contribution < 1.29 is 0 Å². The zero-order valence-electron chi connectivity index (χ0n) is 25.3. The van der Waals surface area contributed by atoms with Gasteiger partial charge in [0, 0.05) is 38.0 Å². The van der Waals surface area contributed by atoms with Crippen LogP contribution >= 0.6 is 0 Å². The van der Waals surface area contributed by atoms with Gasteiger partial charge in [0.25, 0.3) is 0 Å². The molecule has 5 aromatic heterocycles. The van der Waals surface area contributed by atoms with E-state index in [0.29, 0.717) is 0 Å². The number of pyridine rings is 1. The molecule has 0 spiro atoms. The van der Waals surface area contributed by atoms with Crippen LogP contribution in [0.2, 0.25) is 0 Å². The van der Waals surface area contributed by atoms with E-state index in [4.69, 9.17) is 4.98 Å². The Hall–Kier alpha value is -6.39. The minimum atomic E-state index is 0.964. The van der Waals surface area contributed by atoms with Gasteiger partial charge >= 0.3 is 0 Å². The molecule has 4 heteroatoms. The predicted octanol–water partition coefficient (Wildman–Crippen LogP) is 10.9. The van der Waals surface area contributed by atoms with E-state index in [1.807, 2.05) is 0 Å². The third kappa shape index (κ3) is 3.28.